The Morgan fingerprint density at radius 1 is 1.04 bits per heavy atom. The van der Waals surface area contributed by atoms with Crippen molar-refractivity contribution in [1.82, 2.24) is 14.8 Å². The molecule has 0 spiro atoms. The third-order valence-electron chi connectivity index (χ3n) is 3.98. The first-order valence-electron chi connectivity index (χ1n) is 8.26. The van der Waals surface area contributed by atoms with Gasteiger partial charge in [-0.2, -0.15) is 0 Å². The lowest BCUT2D eigenvalue weighted by molar-refractivity contribution is 0.412. The highest BCUT2D eigenvalue weighted by Gasteiger charge is 2.19. The van der Waals surface area contributed by atoms with Crippen LogP contribution < -0.4 is 4.74 Å². The summed E-state index contributed by atoms with van der Waals surface area (Å²) in [6.45, 7) is 0. The summed E-state index contributed by atoms with van der Waals surface area (Å²) in [5.74, 6) is 1.95. The summed E-state index contributed by atoms with van der Waals surface area (Å²) in [6.07, 6.45) is 0. The van der Waals surface area contributed by atoms with Crippen molar-refractivity contribution < 1.29 is 9.13 Å². The standard InChI is InChI=1S/C20H16FN3OS2/c1-25-17-6-3-2-5-16(17)24-19(18-7-4-12-26-18)22-23-20(24)27-13-14-8-10-15(21)11-9-14/h2-12H,13H2,1H3. The van der Waals surface area contributed by atoms with Crippen LogP contribution in [0.4, 0.5) is 4.39 Å². The van der Waals surface area contributed by atoms with E-state index in [1.54, 1.807) is 42.3 Å². The molecule has 2 heterocycles. The van der Waals surface area contributed by atoms with E-state index in [2.05, 4.69) is 10.2 Å². The summed E-state index contributed by atoms with van der Waals surface area (Å²) >= 11 is 3.17. The number of aromatic nitrogens is 3. The number of nitrogens with zero attached hydrogens (tertiary/aromatic N) is 3. The van der Waals surface area contributed by atoms with Crippen LogP contribution in [0.25, 0.3) is 16.4 Å². The first kappa shape index (κ1) is 17.8. The number of rotatable bonds is 6. The number of thiophene rings is 1. The van der Waals surface area contributed by atoms with E-state index in [-0.39, 0.29) is 5.82 Å². The maximum Gasteiger partial charge on any atom is 0.196 e. The average molecular weight is 398 g/mol. The predicted molar refractivity (Wildman–Crippen MR) is 107 cm³/mol. The van der Waals surface area contributed by atoms with Crippen LogP contribution in [0.1, 0.15) is 5.56 Å². The lowest BCUT2D eigenvalue weighted by atomic mass is 10.2. The van der Waals surface area contributed by atoms with Gasteiger partial charge in [0.2, 0.25) is 0 Å². The molecule has 4 rings (SSSR count). The fourth-order valence-electron chi connectivity index (χ4n) is 2.69. The maximum atomic E-state index is 13.1. The zero-order valence-electron chi connectivity index (χ0n) is 14.5. The van der Waals surface area contributed by atoms with Gasteiger partial charge in [-0.1, -0.05) is 42.1 Å². The molecule has 0 aliphatic heterocycles. The van der Waals surface area contributed by atoms with E-state index in [1.807, 2.05) is 46.3 Å². The van der Waals surface area contributed by atoms with Gasteiger partial charge < -0.3 is 4.74 Å². The molecule has 0 saturated heterocycles. The fraction of sp³-hybridized carbons (Fsp3) is 0.100. The van der Waals surface area contributed by atoms with E-state index in [0.717, 1.165) is 32.9 Å². The Hall–Kier alpha value is -2.64. The number of methoxy groups -OCH3 is 1. The van der Waals surface area contributed by atoms with Gasteiger partial charge in [0.05, 0.1) is 17.7 Å². The summed E-state index contributed by atoms with van der Waals surface area (Å²) in [7, 11) is 1.65. The van der Waals surface area contributed by atoms with Crippen LogP contribution in [0.2, 0.25) is 0 Å². The summed E-state index contributed by atoms with van der Waals surface area (Å²) in [5, 5.41) is 11.6. The molecule has 0 unspecified atom stereocenters. The van der Waals surface area contributed by atoms with E-state index in [1.165, 1.54) is 12.1 Å². The van der Waals surface area contributed by atoms with Crippen LogP contribution in [-0.2, 0) is 5.75 Å². The van der Waals surface area contributed by atoms with Crippen molar-refractivity contribution in [3.05, 3.63) is 77.4 Å². The molecule has 0 aliphatic rings. The normalized spacial score (nSPS) is 10.9. The summed E-state index contributed by atoms with van der Waals surface area (Å²) in [6, 6.07) is 18.3. The first-order valence-corrected chi connectivity index (χ1v) is 10.1. The summed E-state index contributed by atoms with van der Waals surface area (Å²) < 4.78 is 20.7. The van der Waals surface area contributed by atoms with Gasteiger partial charge >= 0.3 is 0 Å². The Balaban J connectivity index is 1.74. The molecule has 2 aromatic carbocycles. The fourth-order valence-corrected chi connectivity index (χ4v) is 4.29. The summed E-state index contributed by atoms with van der Waals surface area (Å²) in [5.41, 5.74) is 1.91. The minimum atomic E-state index is -0.235. The van der Waals surface area contributed by atoms with Gasteiger partial charge in [-0.25, -0.2) is 4.39 Å². The Kier molecular flexibility index (Phi) is 5.22. The molecule has 0 amide bonds. The molecule has 7 heteroatoms. The number of benzene rings is 2. The molecule has 0 bridgehead atoms. The van der Waals surface area contributed by atoms with Crippen molar-refractivity contribution in [1.29, 1.82) is 0 Å². The van der Waals surface area contributed by atoms with Crippen molar-refractivity contribution >= 4 is 23.1 Å². The Morgan fingerprint density at radius 2 is 1.85 bits per heavy atom. The van der Waals surface area contributed by atoms with Crippen molar-refractivity contribution in [3.63, 3.8) is 0 Å². The monoisotopic (exact) mass is 397 g/mol. The van der Waals surface area contributed by atoms with E-state index in [0.29, 0.717) is 5.75 Å². The Morgan fingerprint density at radius 3 is 2.59 bits per heavy atom. The second-order valence-electron chi connectivity index (χ2n) is 5.71. The summed E-state index contributed by atoms with van der Waals surface area (Å²) in [4.78, 5) is 1.03. The minimum absolute atomic E-state index is 0.235. The largest absolute Gasteiger partial charge is 0.495 e. The van der Waals surface area contributed by atoms with Gasteiger partial charge in [0, 0.05) is 5.75 Å². The number of ether oxygens (including phenoxy) is 1. The number of para-hydroxylation sites is 2. The van der Waals surface area contributed by atoms with Gasteiger partial charge in [-0.3, -0.25) is 4.57 Å². The lowest BCUT2D eigenvalue weighted by Gasteiger charge is -2.13. The zero-order chi connectivity index (χ0) is 18.6. The molecule has 0 saturated carbocycles. The molecule has 27 heavy (non-hydrogen) atoms. The quantitative estimate of drug-likeness (QED) is 0.407. The molecule has 0 N–H and O–H groups in total. The van der Waals surface area contributed by atoms with Crippen molar-refractivity contribution in [2.45, 2.75) is 10.9 Å². The molecule has 0 fully saturated rings. The minimum Gasteiger partial charge on any atom is -0.495 e. The van der Waals surface area contributed by atoms with Crippen LogP contribution in [0.5, 0.6) is 5.75 Å². The Labute approximate surface area is 164 Å². The molecule has 0 radical (unpaired) electrons. The maximum absolute atomic E-state index is 13.1. The first-order chi connectivity index (χ1) is 13.3. The molecule has 136 valence electrons. The zero-order valence-corrected chi connectivity index (χ0v) is 16.1. The van der Waals surface area contributed by atoms with Crippen LogP contribution in [0.15, 0.2) is 71.2 Å². The molecule has 4 aromatic rings. The number of hydrogen-bond acceptors (Lipinski definition) is 5. The number of thioether (sulfide) groups is 1. The number of hydrogen-bond donors (Lipinski definition) is 0. The lowest BCUT2D eigenvalue weighted by Crippen LogP contribution is -2.01. The topological polar surface area (TPSA) is 39.9 Å². The van der Waals surface area contributed by atoms with Crippen LogP contribution >= 0.6 is 23.1 Å². The number of halogens is 1. The van der Waals surface area contributed by atoms with Crippen molar-refractivity contribution in [2.75, 3.05) is 7.11 Å². The van der Waals surface area contributed by atoms with E-state index in [4.69, 9.17) is 4.74 Å². The second-order valence-corrected chi connectivity index (χ2v) is 7.60. The molecule has 2 aromatic heterocycles. The molecule has 4 nitrogen and oxygen atoms in total. The third kappa shape index (κ3) is 3.74. The van der Waals surface area contributed by atoms with Gasteiger partial charge in [-0.05, 0) is 41.3 Å². The average Bonchev–Trinajstić information content (AvgIpc) is 3.37. The van der Waals surface area contributed by atoms with Gasteiger partial charge in [0.15, 0.2) is 11.0 Å². The Bertz CT molecular complexity index is 1030. The second kappa shape index (κ2) is 7.94. The molecule has 0 aliphatic carbocycles. The molecular formula is C20H16FN3OS2. The van der Waals surface area contributed by atoms with Crippen LogP contribution in [0, 0.1) is 5.82 Å². The smallest absolute Gasteiger partial charge is 0.196 e. The highest BCUT2D eigenvalue weighted by Crippen LogP contribution is 2.34. The van der Waals surface area contributed by atoms with Gasteiger partial charge in [-0.15, -0.1) is 21.5 Å². The predicted octanol–water partition coefficient (Wildman–Crippen LogP) is 5.44. The van der Waals surface area contributed by atoms with Crippen LogP contribution in [-0.4, -0.2) is 21.9 Å². The van der Waals surface area contributed by atoms with Crippen LogP contribution in [0.3, 0.4) is 0 Å². The third-order valence-corrected chi connectivity index (χ3v) is 5.85. The SMILES string of the molecule is COc1ccccc1-n1c(SCc2ccc(F)cc2)nnc1-c1cccs1. The molecule has 0 atom stereocenters. The van der Waals surface area contributed by atoms with Crippen molar-refractivity contribution in [2.24, 2.45) is 0 Å². The van der Waals surface area contributed by atoms with E-state index < -0.39 is 0 Å². The van der Waals surface area contributed by atoms with Gasteiger partial charge in [0.25, 0.3) is 0 Å². The highest BCUT2D eigenvalue weighted by atomic mass is 32.2. The van der Waals surface area contributed by atoms with Gasteiger partial charge in [0.1, 0.15) is 11.6 Å². The highest BCUT2D eigenvalue weighted by molar-refractivity contribution is 7.98. The molecular weight excluding hydrogens is 381 g/mol. The van der Waals surface area contributed by atoms with Crippen molar-refractivity contribution in [3.8, 4) is 22.1 Å². The van der Waals surface area contributed by atoms with E-state index in [9.17, 15) is 4.39 Å². The van der Waals surface area contributed by atoms with E-state index >= 15 is 0 Å².